The predicted molar refractivity (Wildman–Crippen MR) is 94.4 cm³/mol. The highest BCUT2D eigenvalue weighted by atomic mass is 35.5. The molecule has 1 atom stereocenters. The molecule has 0 spiro atoms. The van der Waals surface area contributed by atoms with Gasteiger partial charge >= 0.3 is 0 Å². The molecule has 126 valence electrons. The minimum Gasteiger partial charge on any atom is -0.491 e. The summed E-state index contributed by atoms with van der Waals surface area (Å²) in [4.78, 5) is 2.28. The van der Waals surface area contributed by atoms with E-state index in [1.54, 1.807) is 0 Å². The van der Waals surface area contributed by atoms with Crippen LogP contribution in [-0.4, -0.2) is 42.4 Å². The van der Waals surface area contributed by atoms with E-state index in [1.165, 1.54) is 32.1 Å². The number of aliphatic hydroxyl groups is 1. The second-order valence-corrected chi connectivity index (χ2v) is 6.54. The van der Waals surface area contributed by atoms with Gasteiger partial charge in [-0.1, -0.05) is 30.9 Å². The van der Waals surface area contributed by atoms with Gasteiger partial charge in [0.2, 0.25) is 0 Å². The zero-order valence-electron chi connectivity index (χ0n) is 13.4. The van der Waals surface area contributed by atoms with E-state index in [9.17, 15) is 5.11 Å². The molecule has 0 bridgehead atoms. The van der Waals surface area contributed by atoms with Crippen molar-refractivity contribution in [3.63, 3.8) is 0 Å². The summed E-state index contributed by atoms with van der Waals surface area (Å²) >= 11 is 5.92. The standard InChI is InChI=1S/C17H26ClNO2.ClH/c1-13-10-14(18)8-9-17(13)21-12-16(20)11-19(2)15-6-4-3-5-7-15;/h8-10,15-16,20H,3-7,11-12H2,1-2H3;1H. The number of ether oxygens (including phenoxy) is 1. The van der Waals surface area contributed by atoms with Crippen LogP contribution in [0.4, 0.5) is 0 Å². The Hall–Kier alpha value is -0.480. The lowest BCUT2D eigenvalue weighted by Crippen LogP contribution is -2.40. The Bertz CT molecular complexity index is 450. The molecule has 1 saturated carbocycles. The van der Waals surface area contributed by atoms with Gasteiger partial charge in [-0.2, -0.15) is 0 Å². The van der Waals surface area contributed by atoms with Gasteiger partial charge in [-0.3, -0.25) is 0 Å². The number of rotatable bonds is 6. The molecule has 0 aliphatic heterocycles. The molecule has 22 heavy (non-hydrogen) atoms. The summed E-state index contributed by atoms with van der Waals surface area (Å²) in [6.07, 6.45) is 6.01. The highest BCUT2D eigenvalue weighted by Crippen LogP contribution is 2.23. The molecule has 1 unspecified atom stereocenters. The molecule has 1 aromatic rings. The van der Waals surface area contributed by atoms with Crippen molar-refractivity contribution in [1.29, 1.82) is 0 Å². The molecule has 1 fully saturated rings. The number of nitrogens with zero attached hydrogens (tertiary/aromatic N) is 1. The Kier molecular flexibility index (Phi) is 8.55. The fourth-order valence-electron chi connectivity index (χ4n) is 3.02. The van der Waals surface area contributed by atoms with Crippen molar-refractivity contribution in [1.82, 2.24) is 4.90 Å². The van der Waals surface area contributed by atoms with Gasteiger partial charge in [-0.15, -0.1) is 12.4 Å². The van der Waals surface area contributed by atoms with Crippen molar-refractivity contribution in [2.75, 3.05) is 20.2 Å². The van der Waals surface area contributed by atoms with Crippen molar-refractivity contribution in [3.8, 4) is 5.75 Å². The normalized spacial score (nSPS) is 17.1. The van der Waals surface area contributed by atoms with Gasteiger partial charge in [0, 0.05) is 17.6 Å². The summed E-state index contributed by atoms with van der Waals surface area (Å²) < 4.78 is 5.71. The lowest BCUT2D eigenvalue weighted by Gasteiger charge is -2.32. The summed E-state index contributed by atoms with van der Waals surface area (Å²) in [7, 11) is 2.10. The fourth-order valence-corrected chi connectivity index (χ4v) is 3.24. The summed E-state index contributed by atoms with van der Waals surface area (Å²) in [5, 5.41) is 10.9. The van der Waals surface area contributed by atoms with E-state index in [-0.39, 0.29) is 12.4 Å². The van der Waals surface area contributed by atoms with E-state index in [0.717, 1.165) is 11.3 Å². The Morgan fingerprint density at radius 3 is 2.64 bits per heavy atom. The van der Waals surface area contributed by atoms with E-state index in [1.807, 2.05) is 25.1 Å². The van der Waals surface area contributed by atoms with E-state index < -0.39 is 6.10 Å². The van der Waals surface area contributed by atoms with Crippen molar-refractivity contribution >= 4 is 24.0 Å². The number of hydrogen-bond acceptors (Lipinski definition) is 3. The number of likely N-dealkylation sites (N-methyl/N-ethyl adjacent to an activating group) is 1. The SMILES string of the molecule is Cc1cc(Cl)ccc1OCC(O)CN(C)C1CCCCC1.Cl. The molecule has 0 amide bonds. The van der Waals surface area contributed by atoms with Gasteiger partial charge in [-0.25, -0.2) is 0 Å². The van der Waals surface area contributed by atoms with Crippen LogP contribution in [0.1, 0.15) is 37.7 Å². The predicted octanol–water partition coefficient (Wildman–Crippen LogP) is 4.07. The van der Waals surface area contributed by atoms with Crippen molar-refractivity contribution in [3.05, 3.63) is 28.8 Å². The Labute approximate surface area is 145 Å². The Morgan fingerprint density at radius 2 is 2.00 bits per heavy atom. The van der Waals surface area contributed by atoms with Crippen LogP contribution in [0, 0.1) is 6.92 Å². The van der Waals surface area contributed by atoms with Crippen LogP contribution < -0.4 is 4.74 Å². The monoisotopic (exact) mass is 347 g/mol. The van der Waals surface area contributed by atoms with Crippen LogP contribution >= 0.6 is 24.0 Å². The molecule has 0 heterocycles. The van der Waals surface area contributed by atoms with Gasteiger partial charge < -0.3 is 14.7 Å². The molecule has 0 saturated heterocycles. The minimum absolute atomic E-state index is 0. The smallest absolute Gasteiger partial charge is 0.122 e. The number of aliphatic hydroxyl groups excluding tert-OH is 1. The van der Waals surface area contributed by atoms with Crippen LogP contribution in [0.2, 0.25) is 5.02 Å². The average molecular weight is 348 g/mol. The van der Waals surface area contributed by atoms with Gasteiger partial charge in [0.25, 0.3) is 0 Å². The molecular formula is C17H27Cl2NO2. The van der Waals surface area contributed by atoms with Gasteiger partial charge in [-0.05, 0) is 50.6 Å². The molecule has 3 nitrogen and oxygen atoms in total. The maximum absolute atomic E-state index is 10.2. The van der Waals surface area contributed by atoms with Gasteiger partial charge in [0.15, 0.2) is 0 Å². The van der Waals surface area contributed by atoms with Gasteiger partial charge in [0.1, 0.15) is 18.5 Å². The van der Waals surface area contributed by atoms with E-state index in [4.69, 9.17) is 16.3 Å². The summed E-state index contributed by atoms with van der Waals surface area (Å²) in [5.41, 5.74) is 0.996. The highest BCUT2D eigenvalue weighted by Gasteiger charge is 2.20. The van der Waals surface area contributed by atoms with Crippen molar-refractivity contribution in [2.45, 2.75) is 51.2 Å². The first-order chi connectivity index (χ1) is 10.1. The molecule has 2 rings (SSSR count). The molecule has 0 radical (unpaired) electrons. The minimum atomic E-state index is -0.466. The van der Waals surface area contributed by atoms with E-state index >= 15 is 0 Å². The lowest BCUT2D eigenvalue weighted by atomic mass is 9.94. The van der Waals surface area contributed by atoms with Crippen LogP contribution in [-0.2, 0) is 0 Å². The van der Waals surface area contributed by atoms with Gasteiger partial charge in [0.05, 0.1) is 0 Å². The first-order valence-corrected chi connectivity index (χ1v) is 8.21. The zero-order chi connectivity index (χ0) is 15.2. The first-order valence-electron chi connectivity index (χ1n) is 7.83. The highest BCUT2D eigenvalue weighted by molar-refractivity contribution is 6.30. The largest absolute Gasteiger partial charge is 0.491 e. The molecule has 1 aliphatic rings. The summed E-state index contributed by atoms with van der Waals surface area (Å²) in [5.74, 6) is 0.791. The van der Waals surface area contributed by atoms with Crippen molar-refractivity contribution < 1.29 is 9.84 Å². The van der Waals surface area contributed by atoms with Crippen molar-refractivity contribution in [2.24, 2.45) is 0 Å². The third-order valence-electron chi connectivity index (χ3n) is 4.26. The second kappa shape index (κ2) is 9.61. The third-order valence-corrected chi connectivity index (χ3v) is 4.50. The van der Waals surface area contributed by atoms with Crippen LogP contribution in [0.3, 0.4) is 0 Å². The molecule has 5 heteroatoms. The molecule has 1 aromatic carbocycles. The zero-order valence-corrected chi connectivity index (χ0v) is 15.0. The maximum Gasteiger partial charge on any atom is 0.122 e. The summed E-state index contributed by atoms with van der Waals surface area (Å²) in [6.45, 7) is 2.94. The molecule has 1 aliphatic carbocycles. The number of aryl methyl sites for hydroxylation is 1. The van der Waals surface area contributed by atoms with Crippen LogP contribution in [0.5, 0.6) is 5.75 Å². The number of halogens is 2. The lowest BCUT2D eigenvalue weighted by molar-refractivity contribution is 0.0560. The Balaban J connectivity index is 0.00000242. The molecular weight excluding hydrogens is 321 g/mol. The maximum atomic E-state index is 10.2. The van der Waals surface area contributed by atoms with Crippen LogP contribution in [0.25, 0.3) is 0 Å². The van der Waals surface area contributed by atoms with Crippen LogP contribution in [0.15, 0.2) is 18.2 Å². The molecule has 0 aromatic heterocycles. The number of benzene rings is 1. The topological polar surface area (TPSA) is 32.7 Å². The third kappa shape index (κ3) is 5.96. The fraction of sp³-hybridized carbons (Fsp3) is 0.647. The average Bonchev–Trinajstić information content (AvgIpc) is 2.47. The van der Waals surface area contributed by atoms with E-state index in [0.29, 0.717) is 24.2 Å². The Morgan fingerprint density at radius 1 is 1.32 bits per heavy atom. The second-order valence-electron chi connectivity index (χ2n) is 6.11. The first kappa shape index (κ1) is 19.6. The molecule has 1 N–H and O–H groups in total. The van der Waals surface area contributed by atoms with E-state index in [2.05, 4.69) is 11.9 Å². The number of hydrogen-bond donors (Lipinski definition) is 1. The quantitative estimate of drug-likeness (QED) is 0.841. The summed E-state index contributed by atoms with van der Waals surface area (Å²) in [6, 6.07) is 6.16.